The number of aryl methyl sites for hydroxylation is 1. The molecular formula is C20H28IN3O3. The molecule has 1 unspecified atom stereocenters. The third-order valence-corrected chi connectivity index (χ3v) is 3.87. The molecular weight excluding hydrogens is 457 g/mol. The maximum Gasteiger partial charge on any atom is 0.193 e. The number of hydrogen-bond donors (Lipinski definition) is 2. The van der Waals surface area contributed by atoms with Crippen LogP contribution in [0.2, 0.25) is 0 Å². The van der Waals surface area contributed by atoms with Gasteiger partial charge in [0.25, 0.3) is 0 Å². The Morgan fingerprint density at radius 2 is 1.85 bits per heavy atom. The van der Waals surface area contributed by atoms with Gasteiger partial charge >= 0.3 is 0 Å². The molecule has 0 saturated carbocycles. The van der Waals surface area contributed by atoms with Crippen LogP contribution in [0.5, 0.6) is 17.2 Å². The zero-order valence-electron chi connectivity index (χ0n) is 16.2. The predicted molar refractivity (Wildman–Crippen MR) is 121 cm³/mol. The molecule has 0 amide bonds. The van der Waals surface area contributed by atoms with Crippen LogP contribution in [0.3, 0.4) is 0 Å². The summed E-state index contributed by atoms with van der Waals surface area (Å²) in [7, 11) is 3.19. The number of methoxy groups -OCH3 is 2. The molecule has 0 spiro atoms. The number of nitrogens with two attached hydrogens (primary N) is 1. The van der Waals surface area contributed by atoms with Crippen LogP contribution >= 0.6 is 24.0 Å². The fourth-order valence-electron chi connectivity index (χ4n) is 2.43. The second kappa shape index (κ2) is 11.5. The van der Waals surface area contributed by atoms with Crippen LogP contribution in [0.4, 0.5) is 5.69 Å². The van der Waals surface area contributed by atoms with E-state index in [1.807, 2.05) is 49.4 Å². The van der Waals surface area contributed by atoms with Crippen molar-refractivity contribution in [2.24, 2.45) is 10.7 Å². The van der Waals surface area contributed by atoms with Crippen molar-refractivity contribution in [2.75, 3.05) is 26.1 Å². The van der Waals surface area contributed by atoms with Crippen LogP contribution in [-0.2, 0) is 0 Å². The number of aliphatic imine (C=N–C) groups is 1. The summed E-state index contributed by atoms with van der Waals surface area (Å²) in [6, 6.07) is 13.4. The Morgan fingerprint density at radius 3 is 2.48 bits per heavy atom. The lowest BCUT2D eigenvalue weighted by Gasteiger charge is -2.16. The predicted octanol–water partition coefficient (Wildman–Crippen LogP) is 4.21. The highest BCUT2D eigenvalue weighted by Crippen LogP contribution is 2.29. The first-order valence-corrected chi connectivity index (χ1v) is 8.58. The minimum absolute atomic E-state index is 0. The second-order valence-electron chi connectivity index (χ2n) is 5.89. The third-order valence-electron chi connectivity index (χ3n) is 3.87. The summed E-state index contributed by atoms with van der Waals surface area (Å²) in [5.74, 6) is 2.45. The minimum atomic E-state index is -0.0393. The quantitative estimate of drug-likeness (QED) is 0.333. The van der Waals surface area contributed by atoms with Crippen molar-refractivity contribution in [3.05, 3.63) is 48.0 Å². The molecule has 2 aromatic carbocycles. The molecule has 0 aromatic heterocycles. The number of guanidine groups is 1. The van der Waals surface area contributed by atoms with E-state index < -0.39 is 0 Å². The largest absolute Gasteiger partial charge is 0.493 e. The molecule has 7 heteroatoms. The lowest BCUT2D eigenvalue weighted by atomic mass is 10.2. The molecule has 0 saturated heterocycles. The third kappa shape index (κ3) is 7.16. The summed E-state index contributed by atoms with van der Waals surface area (Å²) in [5.41, 5.74) is 7.94. The van der Waals surface area contributed by atoms with Crippen LogP contribution in [0, 0.1) is 6.92 Å². The van der Waals surface area contributed by atoms with Crippen LogP contribution in [-0.4, -0.2) is 32.8 Å². The highest BCUT2D eigenvalue weighted by atomic mass is 127. The highest BCUT2D eigenvalue weighted by Gasteiger charge is 2.09. The average Bonchev–Trinajstić information content (AvgIpc) is 2.65. The second-order valence-corrected chi connectivity index (χ2v) is 5.89. The van der Waals surface area contributed by atoms with Gasteiger partial charge in [-0.1, -0.05) is 19.1 Å². The number of nitrogens with zero attached hydrogens (tertiary/aromatic N) is 1. The van der Waals surface area contributed by atoms with Crippen molar-refractivity contribution in [1.29, 1.82) is 0 Å². The van der Waals surface area contributed by atoms with Crippen molar-refractivity contribution in [1.82, 2.24) is 0 Å². The standard InChI is InChI=1S/C20H27N3O3.HI/c1-5-16(26-17-8-6-7-14(2)11-17)13-22-20(21)23-15-9-10-18(24-3)19(12-15)25-4;/h6-12,16H,5,13H2,1-4H3,(H3,21,22,23);1H. The van der Waals surface area contributed by atoms with Crippen molar-refractivity contribution in [2.45, 2.75) is 26.4 Å². The van der Waals surface area contributed by atoms with E-state index in [4.69, 9.17) is 19.9 Å². The molecule has 6 nitrogen and oxygen atoms in total. The van der Waals surface area contributed by atoms with Crippen LogP contribution in [0.15, 0.2) is 47.5 Å². The van der Waals surface area contributed by atoms with E-state index in [0.29, 0.717) is 24.0 Å². The summed E-state index contributed by atoms with van der Waals surface area (Å²) in [6.07, 6.45) is 0.795. The smallest absolute Gasteiger partial charge is 0.193 e. The van der Waals surface area contributed by atoms with Crippen LogP contribution < -0.4 is 25.3 Å². The fourth-order valence-corrected chi connectivity index (χ4v) is 2.43. The van der Waals surface area contributed by atoms with Gasteiger partial charge in [-0.25, -0.2) is 4.99 Å². The van der Waals surface area contributed by atoms with Crippen LogP contribution in [0.25, 0.3) is 0 Å². The lowest BCUT2D eigenvalue weighted by molar-refractivity contribution is 0.205. The molecule has 0 aliphatic carbocycles. The number of halogens is 1. The maximum absolute atomic E-state index is 6.00. The van der Waals surface area contributed by atoms with Gasteiger partial charge in [-0.2, -0.15) is 0 Å². The molecule has 0 bridgehead atoms. The number of rotatable bonds is 8. The molecule has 1 atom stereocenters. The summed E-state index contributed by atoms with van der Waals surface area (Å²) < 4.78 is 16.5. The summed E-state index contributed by atoms with van der Waals surface area (Å²) in [4.78, 5) is 4.39. The topological polar surface area (TPSA) is 78.1 Å². The molecule has 0 aliphatic heterocycles. The Bertz CT molecular complexity index is 753. The lowest BCUT2D eigenvalue weighted by Crippen LogP contribution is -2.26. The highest BCUT2D eigenvalue weighted by molar-refractivity contribution is 14.0. The van der Waals surface area contributed by atoms with Crippen molar-refractivity contribution in [3.8, 4) is 17.2 Å². The summed E-state index contributed by atoms with van der Waals surface area (Å²) >= 11 is 0. The Morgan fingerprint density at radius 1 is 1.11 bits per heavy atom. The van der Waals surface area contributed by atoms with Gasteiger partial charge in [-0.3, -0.25) is 0 Å². The zero-order chi connectivity index (χ0) is 18.9. The maximum atomic E-state index is 6.00. The van der Waals surface area contributed by atoms with E-state index >= 15 is 0 Å². The number of nitrogens with one attached hydrogen (secondary N) is 1. The Labute approximate surface area is 178 Å². The molecule has 0 heterocycles. The SMILES string of the molecule is CCC(CN=C(N)Nc1ccc(OC)c(OC)c1)Oc1cccc(C)c1.I. The van der Waals surface area contributed by atoms with Crippen molar-refractivity contribution >= 4 is 35.6 Å². The van der Waals surface area contributed by atoms with E-state index in [1.165, 1.54) is 0 Å². The Hall–Kier alpha value is -2.16. The van der Waals surface area contributed by atoms with E-state index in [0.717, 1.165) is 23.4 Å². The first-order chi connectivity index (χ1) is 12.5. The average molecular weight is 485 g/mol. The van der Waals surface area contributed by atoms with Gasteiger partial charge in [-0.05, 0) is 43.2 Å². The van der Waals surface area contributed by atoms with Gasteiger partial charge < -0.3 is 25.3 Å². The van der Waals surface area contributed by atoms with E-state index in [-0.39, 0.29) is 30.1 Å². The van der Waals surface area contributed by atoms with Gasteiger partial charge in [-0.15, -0.1) is 24.0 Å². The van der Waals surface area contributed by atoms with E-state index in [9.17, 15) is 0 Å². The fraction of sp³-hybridized carbons (Fsp3) is 0.350. The van der Waals surface area contributed by atoms with Crippen LogP contribution in [0.1, 0.15) is 18.9 Å². The monoisotopic (exact) mass is 485 g/mol. The molecule has 0 radical (unpaired) electrons. The first-order valence-electron chi connectivity index (χ1n) is 8.58. The number of hydrogen-bond acceptors (Lipinski definition) is 4. The number of benzene rings is 2. The molecule has 3 N–H and O–H groups in total. The first kappa shape index (κ1) is 22.9. The molecule has 148 valence electrons. The van der Waals surface area contributed by atoms with E-state index in [2.05, 4.69) is 17.2 Å². The summed E-state index contributed by atoms with van der Waals surface area (Å²) in [6.45, 7) is 4.57. The molecule has 0 aliphatic rings. The van der Waals surface area contributed by atoms with Gasteiger partial charge in [0.15, 0.2) is 17.5 Å². The molecule has 2 aromatic rings. The van der Waals surface area contributed by atoms with Gasteiger partial charge in [0.1, 0.15) is 11.9 Å². The molecule has 2 rings (SSSR count). The van der Waals surface area contributed by atoms with E-state index in [1.54, 1.807) is 14.2 Å². The normalized spacial score (nSPS) is 11.9. The van der Waals surface area contributed by atoms with Crippen molar-refractivity contribution < 1.29 is 14.2 Å². The zero-order valence-corrected chi connectivity index (χ0v) is 18.5. The summed E-state index contributed by atoms with van der Waals surface area (Å²) in [5, 5.41) is 3.06. The molecule has 0 fully saturated rings. The Balaban J connectivity index is 0.00000364. The van der Waals surface area contributed by atoms with Gasteiger partial charge in [0.05, 0.1) is 20.8 Å². The van der Waals surface area contributed by atoms with Gasteiger partial charge in [0.2, 0.25) is 0 Å². The molecule has 27 heavy (non-hydrogen) atoms. The number of ether oxygens (including phenoxy) is 3. The van der Waals surface area contributed by atoms with Crippen molar-refractivity contribution in [3.63, 3.8) is 0 Å². The minimum Gasteiger partial charge on any atom is -0.493 e. The number of anilines is 1. The van der Waals surface area contributed by atoms with Gasteiger partial charge in [0, 0.05) is 11.8 Å². The Kier molecular flexibility index (Phi) is 9.77.